The molecule has 1 N–H and O–H groups in total. The number of hydrogen-bond acceptors (Lipinski definition) is 3. The Labute approximate surface area is 177 Å². The molecule has 0 amide bonds. The number of nitrogens with zero attached hydrogens (tertiary/aromatic N) is 1. The second-order valence-electron chi connectivity index (χ2n) is 8.61. The first-order valence-corrected chi connectivity index (χ1v) is 10.7. The van der Waals surface area contributed by atoms with Crippen molar-refractivity contribution < 1.29 is 9.84 Å². The topological polar surface area (TPSA) is 53.2 Å². The maximum Gasteiger partial charge on any atom is 0.124 e. The van der Waals surface area contributed by atoms with E-state index < -0.39 is 0 Å². The number of aromatic hydroxyl groups is 1. The lowest BCUT2D eigenvalue weighted by Gasteiger charge is -2.19. The predicted octanol–water partition coefficient (Wildman–Crippen LogP) is 6.49. The molecule has 0 bridgehead atoms. The van der Waals surface area contributed by atoms with Crippen molar-refractivity contribution in [2.75, 3.05) is 0 Å². The van der Waals surface area contributed by atoms with Crippen molar-refractivity contribution in [3.8, 4) is 28.7 Å². The van der Waals surface area contributed by atoms with Gasteiger partial charge in [0, 0.05) is 5.56 Å². The summed E-state index contributed by atoms with van der Waals surface area (Å²) in [5, 5.41) is 19.8. The van der Waals surface area contributed by atoms with Crippen LogP contribution in [0.2, 0.25) is 0 Å². The summed E-state index contributed by atoms with van der Waals surface area (Å²) in [7, 11) is 0. The van der Waals surface area contributed by atoms with Gasteiger partial charge in [0.2, 0.25) is 0 Å². The molecule has 150 valence electrons. The van der Waals surface area contributed by atoms with E-state index in [0.29, 0.717) is 5.56 Å². The van der Waals surface area contributed by atoms with Gasteiger partial charge in [0.05, 0.1) is 11.6 Å². The maximum absolute atomic E-state index is 9.96. The number of rotatable bonds is 4. The zero-order chi connectivity index (χ0) is 20.8. The van der Waals surface area contributed by atoms with E-state index >= 15 is 0 Å². The second kappa shape index (κ2) is 7.22. The minimum atomic E-state index is -0.00371. The third-order valence-corrected chi connectivity index (χ3v) is 6.45. The van der Waals surface area contributed by atoms with E-state index in [4.69, 9.17) is 4.74 Å². The molecule has 1 atom stereocenters. The molecule has 3 aromatic carbocycles. The van der Waals surface area contributed by atoms with Gasteiger partial charge in [-0.1, -0.05) is 18.2 Å². The molecule has 1 saturated carbocycles. The molecule has 3 nitrogen and oxygen atoms in total. The third-order valence-electron chi connectivity index (χ3n) is 6.45. The van der Waals surface area contributed by atoms with Crippen molar-refractivity contribution in [1.29, 1.82) is 5.26 Å². The highest BCUT2D eigenvalue weighted by molar-refractivity contribution is 5.81. The van der Waals surface area contributed by atoms with Crippen LogP contribution in [0.4, 0.5) is 0 Å². The van der Waals surface area contributed by atoms with E-state index in [-0.39, 0.29) is 11.9 Å². The highest BCUT2D eigenvalue weighted by Crippen LogP contribution is 2.44. The average molecular weight is 396 g/mol. The predicted molar refractivity (Wildman–Crippen MR) is 118 cm³/mol. The molecule has 2 aliphatic carbocycles. The number of benzene rings is 3. The summed E-state index contributed by atoms with van der Waals surface area (Å²) in [5.74, 6) is 1.91. The summed E-state index contributed by atoms with van der Waals surface area (Å²) in [4.78, 5) is 0. The van der Waals surface area contributed by atoms with E-state index in [0.717, 1.165) is 46.8 Å². The lowest BCUT2D eigenvalue weighted by Crippen LogP contribution is -2.04. The summed E-state index contributed by atoms with van der Waals surface area (Å²) in [5.41, 5.74) is 8.48. The highest BCUT2D eigenvalue weighted by atomic mass is 16.5. The van der Waals surface area contributed by atoms with Crippen LogP contribution in [0.15, 0.2) is 48.5 Å². The van der Waals surface area contributed by atoms with Gasteiger partial charge in [0.15, 0.2) is 0 Å². The SMILES string of the molecule is Cc1cc(O)cc(C)c1-c1c(C#N)ccc2c1CCC2Oc1ccc(C2CC2)cc1. The summed E-state index contributed by atoms with van der Waals surface area (Å²) < 4.78 is 6.38. The van der Waals surface area contributed by atoms with Crippen LogP contribution >= 0.6 is 0 Å². The molecule has 0 heterocycles. The molecule has 0 aliphatic heterocycles. The molecule has 2 aliphatic rings. The fraction of sp³-hybridized carbons (Fsp3) is 0.296. The van der Waals surface area contributed by atoms with Crippen LogP contribution in [0.25, 0.3) is 11.1 Å². The van der Waals surface area contributed by atoms with Crippen molar-refractivity contribution in [3.63, 3.8) is 0 Å². The number of phenols is 1. The van der Waals surface area contributed by atoms with Gasteiger partial charge >= 0.3 is 0 Å². The van der Waals surface area contributed by atoms with Crippen LogP contribution in [0.1, 0.15) is 64.7 Å². The van der Waals surface area contributed by atoms with Crippen LogP contribution in [-0.2, 0) is 6.42 Å². The smallest absolute Gasteiger partial charge is 0.124 e. The Bertz CT molecular complexity index is 1140. The van der Waals surface area contributed by atoms with E-state index in [1.807, 2.05) is 19.9 Å². The molecular weight excluding hydrogens is 370 g/mol. The largest absolute Gasteiger partial charge is 0.508 e. The van der Waals surface area contributed by atoms with Gasteiger partial charge < -0.3 is 9.84 Å². The van der Waals surface area contributed by atoms with Crippen molar-refractivity contribution >= 4 is 0 Å². The zero-order valence-electron chi connectivity index (χ0n) is 17.4. The van der Waals surface area contributed by atoms with Crippen molar-refractivity contribution in [1.82, 2.24) is 0 Å². The molecule has 0 aromatic heterocycles. The number of nitriles is 1. The summed E-state index contributed by atoms with van der Waals surface area (Å²) in [6.45, 7) is 3.99. The Morgan fingerprint density at radius 3 is 2.27 bits per heavy atom. The molecule has 3 heteroatoms. The van der Waals surface area contributed by atoms with Gasteiger partial charge in [-0.15, -0.1) is 0 Å². The minimum Gasteiger partial charge on any atom is -0.508 e. The van der Waals surface area contributed by atoms with Crippen LogP contribution in [0.5, 0.6) is 11.5 Å². The van der Waals surface area contributed by atoms with Gasteiger partial charge in [-0.25, -0.2) is 0 Å². The van der Waals surface area contributed by atoms with Gasteiger partial charge in [-0.3, -0.25) is 0 Å². The van der Waals surface area contributed by atoms with Gasteiger partial charge in [0.1, 0.15) is 17.6 Å². The van der Waals surface area contributed by atoms with Gasteiger partial charge in [-0.2, -0.15) is 5.26 Å². The van der Waals surface area contributed by atoms with Crippen molar-refractivity contribution in [2.24, 2.45) is 0 Å². The lowest BCUT2D eigenvalue weighted by atomic mass is 9.87. The normalized spacial score (nSPS) is 17.4. The number of phenolic OH excluding ortho intramolecular Hbond substituents is 1. The number of ether oxygens (including phenoxy) is 1. The Morgan fingerprint density at radius 1 is 0.933 bits per heavy atom. The van der Waals surface area contributed by atoms with E-state index in [1.165, 1.54) is 29.5 Å². The number of fused-ring (bicyclic) bond motifs is 1. The van der Waals surface area contributed by atoms with E-state index in [9.17, 15) is 10.4 Å². The van der Waals surface area contributed by atoms with Crippen LogP contribution in [0.3, 0.4) is 0 Å². The van der Waals surface area contributed by atoms with Crippen molar-refractivity contribution in [2.45, 2.75) is 51.6 Å². The summed E-state index contributed by atoms with van der Waals surface area (Å²) >= 11 is 0. The Hall–Kier alpha value is -3.25. The summed E-state index contributed by atoms with van der Waals surface area (Å²) in [6, 6.07) is 18.4. The Balaban J connectivity index is 1.53. The first kappa shape index (κ1) is 18.8. The average Bonchev–Trinajstić information content (AvgIpc) is 3.49. The van der Waals surface area contributed by atoms with Gasteiger partial charge in [-0.05, 0) is 109 Å². The Morgan fingerprint density at radius 2 is 1.63 bits per heavy atom. The first-order valence-electron chi connectivity index (χ1n) is 10.7. The van der Waals surface area contributed by atoms with Crippen LogP contribution in [-0.4, -0.2) is 5.11 Å². The monoisotopic (exact) mass is 395 g/mol. The standard InChI is InChI=1S/C27H25NO2/c1-16-13-21(29)14-17(2)26(16)27-20(15-28)7-10-23-24(27)11-12-25(23)30-22-8-5-19(6-9-22)18-3-4-18/h5-10,13-14,18,25,29H,3-4,11-12H2,1-2H3. The molecule has 3 aromatic rings. The first-order chi connectivity index (χ1) is 14.5. The van der Waals surface area contributed by atoms with E-state index in [2.05, 4.69) is 36.4 Å². The fourth-order valence-electron chi connectivity index (χ4n) is 4.90. The molecule has 0 saturated heterocycles. The van der Waals surface area contributed by atoms with Crippen LogP contribution < -0.4 is 4.74 Å². The molecule has 0 spiro atoms. The Kier molecular flexibility index (Phi) is 4.51. The fourth-order valence-corrected chi connectivity index (χ4v) is 4.90. The second-order valence-corrected chi connectivity index (χ2v) is 8.61. The number of aryl methyl sites for hydroxylation is 2. The lowest BCUT2D eigenvalue weighted by molar-refractivity contribution is 0.207. The molecule has 5 rings (SSSR count). The highest BCUT2D eigenvalue weighted by Gasteiger charge is 2.30. The molecular formula is C27H25NO2. The number of hydrogen-bond donors (Lipinski definition) is 1. The summed E-state index contributed by atoms with van der Waals surface area (Å²) in [6.07, 6.45) is 4.38. The molecule has 1 unspecified atom stereocenters. The zero-order valence-corrected chi connectivity index (χ0v) is 17.4. The molecule has 30 heavy (non-hydrogen) atoms. The van der Waals surface area contributed by atoms with Crippen molar-refractivity contribution in [3.05, 3.63) is 81.9 Å². The quantitative estimate of drug-likeness (QED) is 0.549. The molecule has 1 fully saturated rings. The van der Waals surface area contributed by atoms with Gasteiger partial charge in [0.25, 0.3) is 0 Å². The third kappa shape index (κ3) is 3.23. The maximum atomic E-state index is 9.96. The minimum absolute atomic E-state index is 0.00371. The van der Waals surface area contributed by atoms with Crippen LogP contribution in [0, 0.1) is 25.2 Å². The molecule has 0 radical (unpaired) electrons. The van der Waals surface area contributed by atoms with E-state index in [1.54, 1.807) is 12.1 Å².